The van der Waals surface area contributed by atoms with Gasteiger partial charge in [-0.15, -0.1) is 0 Å². The van der Waals surface area contributed by atoms with Gasteiger partial charge in [-0.25, -0.2) is 0 Å². The monoisotopic (exact) mass is 420 g/mol. The molecule has 0 fully saturated rings. The third-order valence-corrected chi connectivity index (χ3v) is 5.83. The van der Waals surface area contributed by atoms with E-state index in [2.05, 4.69) is 90.9 Å². The fourth-order valence-electron chi connectivity index (χ4n) is 4.14. The number of benzene rings is 3. The highest BCUT2D eigenvalue weighted by atomic mass is 31.1. The Labute approximate surface area is 183 Å². The van der Waals surface area contributed by atoms with Crippen LogP contribution >= 0.6 is 9.03 Å². The number of aryl methyl sites for hydroxylation is 1. The Morgan fingerprint density at radius 3 is 1.93 bits per heavy atom. The Morgan fingerprint density at radius 1 is 0.733 bits per heavy atom. The molecule has 3 rings (SSSR count). The first-order chi connectivity index (χ1) is 14.0. The Hall–Kier alpha value is -2.15. The number of hydrogen-bond acceptors (Lipinski definition) is 2. The maximum absolute atomic E-state index is 9.59. The van der Waals surface area contributed by atoms with Crippen LogP contribution in [0.5, 0.6) is 5.75 Å². The van der Waals surface area contributed by atoms with Gasteiger partial charge < -0.3 is 9.42 Å². The second kappa shape index (κ2) is 8.53. The van der Waals surface area contributed by atoms with E-state index in [1.54, 1.807) is 0 Å². The molecule has 1 N–H and O–H groups in total. The normalized spacial score (nSPS) is 12.5. The molecule has 1 atom stereocenters. The lowest BCUT2D eigenvalue weighted by molar-refractivity contribution is 0.515. The van der Waals surface area contributed by atoms with Crippen molar-refractivity contribution in [2.24, 2.45) is 0 Å². The van der Waals surface area contributed by atoms with Crippen LogP contribution in [0, 0.1) is 6.92 Å². The van der Waals surface area contributed by atoms with Gasteiger partial charge in [0.25, 0.3) is 0 Å². The van der Waals surface area contributed by atoms with Gasteiger partial charge in [-0.05, 0) is 57.2 Å². The zero-order valence-corrected chi connectivity index (χ0v) is 20.1. The lowest BCUT2D eigenvalue weighted by atomic mass is 9.74. The van der Waals surface area contributed by atoms with Crippen LogP contribution in [0.15, 0.2) is 60.7 Å². The third-order valence-electron chi connectivity index (χ3n) is 5.52. The summed E-state index contributed by atoms with van der Waals surface area (Å²) in [5.74, 6) is 0.714. The fraction of sp³-hybridized carbons (Fsp3) is 0.333. The molecule has 0 aliphatic heterocycles. The van der Waals surface area contributed by atoms with Crippen molar-refractivity contribution in [1.82, 2.24) is 0 Å². The van der Waals surface area contributed by atoms with E-state index in [4.69, 9.17) is 4.52 Å². The molecule has 0 amide bonds. The summed E-state index contributed by atoms with van der Waals surface area (Å²) in [4.78, 5) is 9.59. The molecular formula is C27H33O2P. The lowest BCUT2D eigenvalue weighted by Gasteiger charge is -2.30. The highest BCUT2D eigenvalue weighted by molar-refractivity contribution is 7.25. The minimum atomic E-state index is -0.600. The Kier molecular flexibility index (Phi) is 6.41. The van der Waals surface area contributed by atoms with E-state index >= 15 is 0 Å². The molecule has 1 unspecified atom stereocenters. The van der Waals surface area contributed by atoms with Gasteiger partial charge in [-0.2, -0.15) is 0 Å². The van der Waals surface area contributed by atoms with Gasteiger partial charge in [0, 0.05) is 5.56 Å². The molecule has 0 heterocycles. The summed E-state index contributed by atoms with van der Waals surface area (Å²) in [6.45, 7) is 15.8. The number of hydrogen-bond donors (Lipinski definition) is 1. The third kappa shape index (κ3) is 4.61. The maximum Gasteiger partial charge on any atom is 0.212 e. The summed E-state index contributed by atoms with van der Waals surface area (Å²) in [6.07, 6.45) is 0. The van der Waals surface area contributed by atoms with Gasteiger partial charge in [0.05, 0.1) is 0 Å². The molecule has 158 valence electrons. The van der Waals surface area contributed by atoms with Crippen LogP contribution in [0.4, 0.5) is 0 Å². The summed E-state index contributed by atoms with van der Waals surface area (Å²) < 4.78 is 5.74. The first-order valence-electron chi connectivity index (χ1n) is 10.4. The molecular weight excluding hydrogens is 387 g/mol. The minimum Gasteiger partial charge on any atom is -0.449 e. The van der Waals surface area contributed by atoms with E-state index in [-0.39, 0.29) is 10.8 Å². The van der Waals surface area contributed by atoms with Crippen LogP contribution in [-0.2, 0) is 10.8 Å². The Bertz CT molecular complexity index is 1030. The molecule has 0 bridgehead atoms. The van der Waals surface area contributed by atoms with Crippen LogP contribution in [0.25, 0.3) is 22.3 Å². The van der Waals surface area contributed by atoms with E-state index in [1.807, 2.05) is 18.2 Å². The van der Waals surface area contributed by atoms with Gasteiger partial charge >= 0.3 is 0 Å². The van der Waals surface area contributed by atoms with Crippen molar-refractivity contribution in [2.45, 2.75) is 59.3 Å². The SMILES string of the molecule is Cc1cc(-c2c(OPO)cccc2-c2ccccc2)c(C(C)(C)C)cc1C(C)(C)C. The lowest BCUT2D eigenvalue weighted by Crippen LogP contribution is -2.19. The summed E-state index contributed by atoms with van der Waals surface area (Å²) in [7, 11) is -0.600. The van der Waals surface area contributed by atoms with Crippen LogP contribution in [0.2, 0.25) is 0 Å². The summed E-state index contributed by atoms with van der Waals surface area (Å²) in [6, 6.07) is 21.1. The van der Waals surface area contributed by atoms with Crippen molar-refractivity contribution >= 4 is 9.03 Å². The molecule has 0 aliphatic rings. The molecule has 3 heteroatoms. The predicted molar refractivity (Wildman–Crippen MR) is 131 cm³/mol. The zero-order chi connectivity index (χ0) is 22.1. The summed E-state index contributed by atoms with van der Waals surface area (Å²) >= 11 is 0. The average molecular weight is 421 g/mol. The molecule has 0 spiro atoms. The van der Waals surface area contributed by atoms with Crippen LogP contribution in [-0.4, -0.2) is 4.89 Å². The van der Waals surface area contributed by atoms with E-state index in [0.717, 1.165) is 16.7 Å². The maximum atomic E-state index is 9.59. The quantitative estimate of drug-likeness (QED) is 0.436. The highest BCUT2D eigenvalue weighted by Crippen LogP contribution is 2.46. The van der Waals surface area contributed by atoms with Gasteiger partial charge in [0.1, 0.15) is 5.75 Å². The highest BCUT2D eigenvalue weighted by Gasteiger charge is 2.27. The molecule has 0 saturated carbocycles. The van der Waals surface area contributed by atoms with E-state index in [0.29, 0.717) is 5.75 Å². The van der Waals surface area contributed by atoms with Crippen LogP contribution in [0.3, 0.4) is 0 Å². The molecule has 0 aromatic heterocycles. The summed E-state index contributed by atoms with van der Waals surface area (Å²) in [5.41, 5.74) is 8.38. The van der Waals surface area contributed by atoms with Gasteiger partial charge in [0.2, 0.25) is 9.03 Å². The van der Waals surface area contributed by atoms with Crippen molar-refractivity contribution in [3.8, 4) is 28.0 Å². The second-order valence-electron chi connectivity index (χ2n) is 9.95. The fourth-order valence-corrected chi connectivity index (χ4v) is 4.41. The first-order valence-corrected chi connectivity index (χ1v) is 11.3. The number of rotatable bonds is 4. The van der Waals surface area contributed by atoms with Gasteiger partial charge in [-0.1, -0.05) is 96.1 Å². The molecule has 3 aromatic carbocycles. The predicted octanol–water partition coefficient (Wildman–Crippen LogP) is 7.80. The van der Waals surface area contributed by atoms with Crippen molar-refractivity contribution in [3.63, 3.8) is 0 Å². The van der Waals surface area contributed by atoms with E-state index < -0.39 is 9.03 Å². The molecule has 0 saturated heterocycles. The molecule has 2 nitrogen and oxygen atoms in total. The largest absolute Gasteiger partial charge is 0.449 e. The topological polar surface area (TPSA) is 29.5 Å². The minimum absolute atomic E-state index is 0.0500. The first kappa shape index (κ1) is 22.5. The zero-order valence-electron chi connectivity index (χ0n) is 19.1. The smallest absolute Gasteiger partial charge is 0.212 e. The van der Waals surface area contributed by atoms with Gasteiger partial charge in [0.15, 0.2) is 0 Å². The Morgan fingerprint density at radius 2 is 1.37 bits per heavy atom. The van der Waals surface area contributed by atoms with Crippen molar-refractivity contribution < 1.29 is 9.42 Å². The average Bonchev–Trinajstić information content (AvgIpc) is 2.66. The van der Waals surface area contributed by atoms with E-state index in [1.165, 1.54) is 22.3 Å². The second-order valence-corrected chi connectivity index (χ2v) is 10.3. The standard InChI is InChI=1S/C27H33O2P/c1-18-16-21(23(27(5,6)7)17-22(18)26(2,3)4)25-20(19-12-9-8-10-13-19)14-11-15-24(25)29-30-28/h8-17,28,30H,1-7H3. The molecule has 0 radical (unpaired) electrons. The van der Waals surface area contributed by atoms with Crippen LogP contribution < -0.4 is 4.52 Å². The summed E-state index contributed by atoms with van der Waals surface area (Å²) in [5, 5.41) is 0. The van der Waals surface area contributed by atoms with Crippen molar-refractivity contribution in [2.75, 3.05) is 0 Å². The van der Waals surface area contributed by atoms with Crippen molar-refractivity contribution in [3.05, 3.63) is 77.4 Å². The van der Waals surface area contributed by atoms with Gasteiger partial charge in [-0.3, -0.25) is 0 Å². The van der Waals surface area contributed by atoms with Crippen molar-refractivity contribution in [1.29, 1.82) is 0 Å². The van der Waals surface area contributed by atoms with Crippen LogP contribution in [0.1, 0.15) is 58.2 Å². The molecule has 0 aliphatic carbocycles. The Balaban J connectivity index is 2.41. The molecule has 30 heavy (non-hydrogen) atoms. The van der Waals surface area contributed by atoms with E-state index in [9.17, 15) is 4.89 Å². The molecule has 3 aromatic rings.